The molecule has 2 aromatic heterocycles. The summed E-state index contributed by atoms with van der Waals surface area (Å²) in [6.45, 7) is 4.04. The molecule has 0 fully saturated rings. The Bertz CT molecular complexity index is 775. The zero-order valence-electron chi connectivity index (χ0n) is 13.1. The van der Waals surface area contributed by atoms with E-state index in [1.165, 1.54) is 11.1 Å². The van der Waals surface area contributed by atoms with Crippen LogP contribution in [0.5, 0.6) is 5.75 Å². The molecule has 0 unspecified atom stereocenters. The summed E-state index contributed by atoms with van der Waals surface area (Å²) < 4.78 is 5.21. The molecule has 2 heterocycles. The number of nitrogens with one attached hydrogen (secondary N) is 1. The van der Waals surface area contributed by atoms with Crippen LogP contribution in [0.1, 0.15) is 22.5 Å². The second kappa shape index (κ2) is 6.02. The maximum absolute atomic E-state index is 5.21. The number of rotatable bonds is 4. The number of methoxy groups -OCH3 is 1. The maximum atomic E-state index is 5.21. The van der Waals surface area contributed by atoms with Crippen molar-refractivity contribution in [1.82, 2.24) is 15.2 Å². The average Bonchev–Trinajstić information content (AvgIpc) is 2.89. The lowest BCUT2D eigenvalue weighted by molar-refractivity contribution is 0.414. The molecule has 3 aromatic rings. The second-order valence-corrected chi connectivity index (χ2v) is 5.36. The quantitative estimate of drug-likeness (QED) is 0.798. The maximum Gasteiger partial charge on any atom is 0.118 e. The topological polar surface area (TPSA) is 50.8 Å². The highest BCUT2D eigenvalue weighted by Crippen LogP contribution is 2.25. The van der Waals surface area contributed by atoms with Crippen LogP contribution in [0.25, 0.3) is 11.4 Å². The number of aromatic amines is 1. The summed E-state index contributed by atoms with van der Waals surface area (Å²) in [7, 11) is 1.68. The van der Waals surface area contributed by atoms with Gasteiger partial charge in [-0.15, -0.1) is 0 Å². The van der Waals surface area contributed by atoms with Crippen LogP contribution in [0.2, 0.25) is 0 Å². The van der Waals surface area contributed by atoms with Crippen molar-refractivity contribution >= 4 is 0 Å². The van der Waals surface area contributed by atoms with Crippen molar-refractivity contribution in [3.63, 3.8) is 0 Å². The van der Waals surface area contributed by atoms with Crippen molar-refractivity contribution in [1.29, 1.82) is 0 Å². The zero-order valence-corrected chi connectivity index (χ0v) is 13.1. The molecule has 4 nitrogen and oxygen atoms in total. The Morgan fingerprint density at radius 3 is 2.50 bits per heavy atom. The molecule has 1 N–H and O–H groups in total. The van der Waals surface area contributed by atoms with Gasteiger partial charge in [-0.25, -0.2) is 0 Å². The van der Waals surface area contributed by atoms with E-state index in [0.29, 0.717) is 0 Å². The van der Waals surface area contributed by atoms with E-state index in [1.807, 2.05) is 44.2 Å². The standard InChI is InChI=1S/C18H19N3O/c1-12-5-4-6-17(19-12)18-16(13(2)20-21-18)11-14-7-9-15(22-3)10-8-14/h4-10H,11H2,1-3H3,(H,20,21). The zero-order chi connectivity index (χ0) is 15.5. The highest BCUT2D eigenvalue weighted by Gasteiger charge is 2.14. The van der Waals surface area contributed by atoms with Crippen molar-refractivity contribution in [2.75, 3.05) is 7.11 Å². The van der Waals surface area contributed by atoms with Gasteiger partial charge in [0.2, 0.25) is 0 Å². The summed E-state index contributed by atoms with van der Waals surface area (Å²) in [6.07, 6.45) is 0.817. The van der Waals surface area contributed by atoms with Crippen molar-refractivity contribution in [2.24, 2.45) is 0 Å². The number of benzene rings is 1. The first kappa shape index (κ1) is 14.3. The third-order valence-corrected chi connectivity index (χ3v) is 3.74. The van der Waals surface area contributed by atoms with Crippen molar-refractivity contribution < 1.29 is 4.74 Å². The first-order chi connectivity index (χ1) is 10.7. The Hall–Kier alpha value is -2.62. The number of hydrogen-bond donors (Lipinski definition) is 1. The molecule has 0 spiro atoms. The predicted octanol–water partition coefficient (Wildman–Crippen LogP) is 3.69. The van der Waals surface area contributed by atoms with Gasteiger partial charge in [-0.3, -0.25) is 10.1 Å². The Kier molecular flexibility index (Phi) is 3.92. The van der Waals surface area contributed by atoms with Crippen LogP contribution in [0.4, 0.5) is 0 Å². The number of hydrogen-bond acceptors (Lipinski definition) is 3. The highest BCUT2D eigenvalue weighted by molar-refractivity contribution is 5.61. The number of pyridine rings is 1. The predicted molar refractivity (Wildman–Crippen MR) is 87.1 cm³/mol. The van der Waals surface area contributed by atoms with Crippen LogP contribution in [-0.4, -0.2) is 22.3 Å². The monoisotopic (exact) mass is 293 g/mol. The second-order valence-electron chi connectivity index (χ2n) is 5.36. The van der Waals surface area contributed by atoms with Gasteiger partial charge in [-0.05, 0) is 43.7 Å². The van der Waals surface area contributed by atoms with E-state index in [-0.39, 0.29) is 0 Å². The number of ether oxygens (including phenoxy) is 1. The van der Waals surface area contributed by atoms with E-state index in [4.69, 9.17) is 4.74 Å². The summed E-state index contributed by atoms with van der Waals surface area (Å²) in [5.41, 5.74) is 6.31. The van der Waals surface area contributed by atoms with Crippen LogP contribution >= 0.6 is 0 Å². The van der Waals surface area contributed by atoms with E-state index in [1.54, 1.807) is 7.11 Å². The molecular formula is C18H19N3O. The molecule has 0 saturated carbocycles. The largest absolute Gasteiger partial charge is 0.497 e. The molecule has 0 saturated heterocycles. The van der Waals surface area contributed by atoms with Crippen molar-refractivity contribution in [3.8, 4) is 17.1 Å². The van der Waals surface area contributed by atoms with Gasteiger partial charge < -0.3 is 4.74 Å². The molecule has 0 bridgehead atoms. The molecule has 0 aliphatic carbocycles. The Morgan fingerprint density at radius 1 is 1.05 bits per heavy atom. The molecule has 22 heavy (non-hydrogen) atoms. The fourth-order valence-electron chi connectivity index (χ4n) is 2.50. The van der Waals surface area contributed by atoms with Gasteiger partial charge in [0.05, 0.1) is 12.8 Å². The molecule has 0 aliphatic heterocycles. The molecule has 1 aromatic carbocycles. The Balaban J connectivity index is 1.95. The minimum atomic E-state index is 0.817. The fraction of sp³-hybridized carbons (Fsp3) is 0.222. The third kappa shape index (κ3) is 2.86. The number of aromatic nitrogens is 3. The summed E-state index contributed by atoms with van der Waals surface area (Å²) in [5.74, 6) is 0.869. The van der Waals surface area contributed by atoms with E-state index in [2.05, 4.69) is 27.3 Å². The number of nitrogens with zero attached hydrogens (tertiary/aromatic N) is 2. The van der Waals surface area contributed by atoms with Gasteiger partial charge in [0.1, 0.15) is 11.4 Å². The first-order valence-electron chi connectivity index (χ1n) is 7.28. The van der Waals surface area contributed by atoms with Gasteiger partial charge in [0.15, 0.2) is 0 Å². The molecule has 0 aliphatic rings. The third-order valence-electron chi connectivity index (χ3n) is 3.74. The molecule has 0 atom stereocenters. The lowest BCUT2D eigenvalue weighted by atomic mass is 10.0. The van der Waals surface area contributed by atoms with Crippen LogP contribution < -0.4 is 4.74 Å². The van der Waals surface area contributed by atoms with Crippen LogP contribution in [0, 0.1) is 13.8 Å². The minimum absolute atomic E-state index is 0.817. The van der Waals surface area contributed by atoms with Gasteiger partial charge in [-0.1, -0.05) is 18.2 Å². The molecular weight excluding hydrogens is 274 g/mol. The van der Waals surface area contributed by atoms with Crippen LogP contribution in [-0.2, 0) is 6.42 Å². The summed E-state index contributed by atoms with van der Waals surface area (Å²) in [6, 6.07) is 14.1. The normalized spacial score (nSPS) is 10.7. The van der Waals surface area contributed by atoms with E-state index in [9.17, 15) is 0 Å². The fourth-order valence-corrected chi connectivity index (χ4v) is 2.50. The van der Waals surface area contributed by atoms with Crippen LogP contribution in [0.3, 0.4) is 0 Å². The number of aryl methyl sites for hydroxylation is 2. The first-order valence-corrected chi connectivity index (χ1v) is 7.28. The van der Waals surface area contributed by atoms with E-state index < -0.39 is 0 Å². The van der Waals surface area contributed by atoms with Gasteiger partial charge >= 0.3 is 0 Å². The highest BCUT2D eigenvalue weighted by atomic mass is 16.5. The summed E-state index contributed by atoms with van der Waals surface area (Å²) in [5, 5.41) is 7.53. The molecule has 4 heteroatoms. The molecule has 0 amide bonds. The lowest BCUT2D eigenvalue weighted by Gasteiger charge is -2.06. The molecule has 3 rings (SSSR count). The van der Waals surface area contributed by atoms with Crippen molar-refractivity contribution in [3.05, 3.63) is 65.0 Å². The minimum Gasteiger partial charge on any atom is -0.497 e. The van der Waals surface area contributed by atoms with Crippen molar-refractivity contribution in [2.45, 2.75) is 20.3 Å². The summed E-state index contributed by atoms with van der Waals surface area (Å²) >= 11 is 0. The smallest absolute Gasteiger partial charge is 0.118 e. The van der Waals surface area contributed by atoms with E-state index >= 15 is 0 Å². The van der Waals surface area contributed by atoms with Crippen LogP contribution in [0.15, 0.2) is 42.5 Å². The van der Waals surface area contributed by atoms with Gasteiger partial charge in [0, 0.05) is 23.4 Å². The van der Waals surface area contributed by atoms with Gasteiger partial charge in [-0.2, -0.15) is 5.10 Å². The SMILES string of the molecule is COc1ccc(Cc2c(-c3cccc(C)n3)n[nH]c2C)cc1. The number of H-pyrrole nitrogens is 1. The molecule has 112 valence electrons. The van der Waals surface area contributed by atoms with E-state index in [0.717, 1.165) is 34.9 Å². The lowest BCUT2D eigenvalue weighted by Crippen LogP contribution is -1.94. The Labute approximate surface area is 130 Å². The molecule has 0 radical (unpaired) electrons. The average molecular weight is 293 g/mol. The van der Waals surface area contributed by atoms with Gasteiger partial charge in [0.25, 0.3) is 0 Å². The summed E-state index contributed by atoms with van der Waals surface area (Å²) in [4.78, 5) is 4.58. The Morgan fingerprint density at radius 2 is 1.82 bits per heavy atom.